The van der Waals surface area contributed by atoms with Gasteiger partial charge in [-0.2, -0.15) is 0 Å². The molecule has 1 amide bonds. The van der Waals surface area contributed by atoms with Gasteiger partial charge in [0, 0.05) is 40.1 Å². The molecule has 1 aliphatic rings. The summed E-state index contributed by atoms with van der Waals surface area (Å²) in [5.41, 5.74) is 3.28. The first kappa shape index (κ1) is 20.1. The molecule has 29 heavy (non-hydrogen) atoms. The SMILES string of the molecule is CNCc1cccc(C2CCN(C(=O)c3cccc4sc(B(O)O)cc34)CC2)c1. The van der Waals surface area contributed by atoms with Crippen molar-refractivity contribution in [3.8, 4) is 0 Å². The number of amides is 1. The number of rotatable bonds is 5. The average molecular weight is 408 g/mol. The monoisotopic (exact) mass is 408 g/mol. The van der Waals surface area contributed by atoms with Crippen molar-refractivity contribution in [3.05, 3.63) is 65.2 Å². The molecule has 2 aromatic carbocycles. The molecule has 0 radical (unpaired) electrons. The minimum absolute atomic E-state index is 0.0229. The van der Waals surface area contributed by atoms with E-state index in [1.54, 1.807) is 6.07 Å². The highest BCUT2D eigenvalue weighted by Crippen LogP contribution is 2.30. The lowest BCUT2D eigenvalue weighted by Crippen LogP contribution is -2.38. The summed E-state index contributed by atoms with van der Waals surface area (Å²) in [7, 11) is 0.444. The first-order valence-corrected chi connectivity index (χ1v) is 10.8. The van der Waals surface area contributed by atoms with E-state index in [2.05, 4.69) is 29.6 Å². The Hall–Kier alpha value is -2.19. The van der Waals surface area contributed by atoms with Gasteiger partial charge in [-0.15, -0.1) is 11.3 Å². The number of thiophene rings is 1. The molecule has 3 N–H and O–H groups in total. The first-order chi connectivity index (χ1) is 14.1. The molecule has 0 unspecified atom stereocenters. The van der Waals surface area contributed by atoms with Gasteiger partial charge in [0.25, 0.3) is 5.91 Å². The fourth-order valence-electron chi connectivity index (χ4n) is 4.14. The van der Waals surface area contributed by atoms with Gasteiger partial charge < -0.3 is 20.3 Å². The summed E-state index contributed by atoms with van der Waals surface area (Å²) in [6, 6.07) is 16.0. The highest BCUT2D eigenvalue weighted by atomic mass is 32.1. The molecule has 1 aromatic heterocycles. The number of carbonyl (C=O) groups excluding carboxylic acids is 1. The Morgan fingerprint density at radius 1 is 1.17 bits per heavy atom. The number of benzene rings is 2. The van der Waals surface area contributed by atoms with Crippen molar-refractivity contribution in [1.29, 1.82) is 0 Å². The number of likely N-dealkylation sites (tertiary alicyclic amines) is 1. The molecule has 150 valence electrons. The number of piperidine rings is 1. The van der Waals surface area contributed by atoms with Crippen LogP contribution in [0.1, 0.15) is 40.2 Å². The van der Waals surface area contributed by atoms with E-state index >= 15 is 0 Å². The second kappa shape index (κ2) is 8.67. The van der Waals surface area contributed by atoms with Gasteiger partial charge >= 0.3 is 7.12 Å². The van der Waals surface area contributed by atoms with Crippen molar-refractivity contribution >= 4 is 39.2 Å². The van der Waals surface area contributed by atoms with Crippen LogP contribution in [-0.4, -0.2) is 48.1 Å². The molecule has 2 heterocycles. The fraction of sp³-hybridized carbons (Fsp3) is 0.318. The lowest BCUT2D eigenvalue weighted by molar-refractivity contribution is 0.0715. The molecule has 0 spiro atoms. The maximum Gasteiger partial charge on any atom is 0.499 e. The third kappa shape index (κ3) is 4.23. The van der Waals surface area contributed by atoms with Crippen LogP contribution in [0.5, 0.6) is 0 Å². The van der Waals surface area contributed by atoms with Crippen molar-refractivity contribution in [2.24, 2.45) is 0 Å². The first-order valence-electron chi connectivity index (χ1n) is 9.98. The van der Waals surface area contributed by atoms with Crippen LogP contribution in [0.25, 0.3) is 10.1 Å². The van der Waals surface area contributed by atoms with E-state index in [1.807, 2.05) is 30.1 Å². The van der Waals surface area contributed by atoms with E-state index < -0.39 is 7.12 Å². The lowest BCUT2D eigenvalue weighted by atomic mass is 9.88. The number of carbonyl (C=O) groups is 1. The Kier molecular flexibility index (Phi) is 6.01. The lowest BCUT2D eigenvalue weighted by Gasteiger charge is -2.32. The quantitative estimate of drug-likeness (QED) is 0.567. The van der Waals surface area contributed by atoms with E-state index in [0.29, 0.717) is 16.3 Å². The summed E-state index contributed by atoms with van der Waals surface area (Å²) in [5, 5.41) is 22.9. The molecule has 4 rings (SSSR count). The van der Waals surface area contributed by atoms with Crippen molar-refractivity contribution < 1.29 is 14.8 Å². The highest BCUT2D eigenvalue weighted by Gasteiger charge is 2.26. The molecule has 0 atom stereocenters. The predicted molar refractivity (Wildman–Crippen MR) is 119 cm³/mol. The fourth-order valence-corrected chi connectivity index (χ4v) is 5.10. The van der Waals surface area contributed by atoms with Gasteiger partial charge in [0.2, 0.25) is 0 Å². The Morgan fingerprint density at radius 3 is 2.66 bits per heavy atom. The number of hydrogen-bond acceptors (Lipinski definition) is 5. The van der Waals surface area contributed by atoms with Crippen LogP contribution in [0.3, 0.4) is 0 Å². The van der Waals surface area contributed by atoms with Crippen molar-refractivity contribution in [1.82, 2.24) is 10.2 Å². The zero-order valence-electron chi connectivity index (χ0n) is 16.5. The molecule has 1 aliphatic heterocycles. The zero-order valence-corrected chi connectivity index (χ0v) is 17.3. The van der Waals surface area contributed by atoms with E-state index in [4.69, 9.17) is 0 Å². The Balaban J connectivity index is 1.48. The second-order valence-corrected chi connectivity index (χ2v) is 8.70. The van der Waals surface area contributed by atoms with Gasteiger partial charge in [-0.05, 0) is 55.1 Å². The van der Waals surface area contributed by atoms with Crippen molar-refractivity contribution in [3.63, 3.8) is 0 Å². The molecule has 3 aromatic rings. The summed E-state index contributed by atoms with van der Waals surface area (Å²) in [6.45, 7) is 2.33. The Morgan fingerprint density at radius 2 is 1.93 bits per heavy atom. The largest absolute Gasteiger partial charge is 0.499 e. The summed E-state index contributed by atoms with van der Waals surface area (Å²) in [4.78, 5) is 15.1. The molecule has 7 heteroatoms. The Labute approximate surface area is 175 Å². The van der Waals surface area contributed by atoms with Gasteiger partial charge in [0.1, 0.15) is 0 Å². The van der Waals surface area contributed by atoms with E-state index in [-0.39, 0.29) is 5.91 Å². The number of nitrogens with one attached hydrogen (secondary N) is 1. The van der Waals surface area contributed by atoms with Crippen LogP contribution in [0.15, 0.2) is 48.5 Å². The Bertz CT molecular complexity index is 1010. The van der Waals surface area contributed by atoms with Crippen LogP contribution in [0.2, 0.25) is 0 Å². The standard InChI is InChI=1S/C22H25BN2O3S/c1-24-14-15-4-2-5-17(12-15)16-8-10-25(11-9-16)22(26)18-6-3-7-20-19(18)13-21(29-20)23(27)28/h2-7,12-13,16,24,27-28H,8-11,14H2,1H3. The highest BCUT2D eigenvalue weighted by molar-refractivity contribution is 7.27. The van der Waals surface area contributed by atoms with Crippen molar-refractivity contribution in [2.75, 3.05) is 20.1 Å². The van der Waals surface area contributed by atoms with Crippen LogP contribution >= 0.6 is 11.3 Å². The minimum atomic E-state index is -1.51. The maximum absolute atomic E-state index is 13.2. The van der Waals surface area contributed by atoms with E-state index in [1.165, 1.54) is 22.5 Å². The van der Waals surface area contributed by atoms with Crippen molar-refractivity contribution in [2.45, 2.75) is 25.3 Å². The van der Waals surface area contributed by atoms with Gasteiger partial charge in [-0.3, -0.25) is 4.79 Å². The van der Waals surface area contributed by atoms with Gasteiger partial charge in [-0.25, -0.2) is 0 Å². The molecule has 5 nitrogen and oxygen atoms in total. The van der Waals surface area contributed by atoms with Crippen LogP contribution < -0.4 is 10.1 Å². The van der Waals surface area contributed by atoms with Crippen LogP contribution in [0.4, 0.5) is 0 Å². The normalized spacial score (nSPS) is 15.1. The molecular formula is C22H25BN2O3S. The van der Waals surface area contributed by atoms with Crippen LogP contribution in [-0.2, 0) is 6.54 Å². The molecule has 0 aliphatic carbocycles. The van der Waals surface area contributed by atoms with Crippen LogP contribution in [0, 0.1) is 0 Å². The van der Waals surface area contributed by atoms with E-state index in [9.17, 15) is 14.8 Å². The molecule has 1 saturated heterocycles. The zero-order chi connectivity index (χ0) is 20.4. The summed E-state index contributed by atoms with van der Waals surface area (Å²) >= 11 is 1.31. The third-order valence-corrected chi connectivity index (χ3v) is 6.79. The smallest absolute Gasteiger partial charge is 0.423 e. The average Bonchev–Trinajstić information content (AvgIpc) is 3.19. The molecule has 1 fully saturated rings. The predicted octanol–water partition coefficient (Wildman–Crippen LogP) is 2.32. The summed E-state index contributed by atoms with van der Waals surface area (Å²) < 4.78 is 1.36. The second-order valence-electron chi connectivity index (χ2n) is 7.58. The molecule has 0 saturated carbocycles. The van der Waals surface area contributed by atoms with Gasteiger partial charge in [0.05, 0.1) is 0 Å². The summed E-state index contributed by atoms with van der Waals surface area (Å²) in [6.07, 6.45) is 1.91. The topological polar surface area (TPSA) is 72.8 Å². The molecular weight excluding hydrogens is 383 g/mol. The summed E-state index contributed by atoms with van der Waals surface area (Å²) in [5.74, 6) is 0.499. The van der Waals surface area contributed by atoms with E-state index in [0.717, 1.165) is 42.6 Å². The minimum Gasteiger partial charge on any atom is -0.423 e. The maximum atomic E-state index is 13.2. The number of hydrogen-bond donors (Lipinski definition) is 3. The third-order valence-electron chi connectivity index (χ3n) is 5.65. The number of fused-ring (bicyclic) bond motifs is 1. The molecule has 0 bridgehead atoms. The number of nitrogens with zero attached hydrogens (tertiary/aromatic N) is 1. The van der Waals surface area contributed by atoms with Gasteiger partial charge in [0.15, 0.2) is 0 Å². The van der Waals surface area contributed by atoms with Gasteiger partial charge in [-0.1, -0.05) is 30.3 Å².